The second-order valence-electron chi connectivity index (χ2n) is 5.34. The van der Waals surface area contributed by atoms with E-state index in [1.54, 1.807) is 24.3 Å². The van der Waals surface area contributed by atoms with Crippen LogP contribution in [-0.2, 0) is 6.54 Å². The third kappa shape index (κ3) is 2.85. The van der Waals surface area contributed by atoms with Gasteiger partial charge in [-0.1, -0.05) is 35.9 Å². The summed E-state index contributed by atoms with van der Waals surface area (Å²) in [5, 5.41) is 8.12. The highest BCUT2D eigenvalue weighted by atomic mass is 16.2. The van der Waals surface area contributed by atoms with Gasteiger partial charge in [-0.25, -0.2) is 4.68 Å². The Hall–Kier alpha value is -2.95. The first-order valence-electron chi connectivity index (χ1n) is 7.48. The number of hydrogen-bond donors (Lipinski definition) is 1. The summed E-state index contributed by atoms with van der Waals surface area (Å²) in [6, 6.07) is 14.6. The molecule has 0 spiro atoms. The first kappa shape index (κ1) is 15.0. The van der Waals surface area contributed by atoms with Gasteiger partial charge >= 0.3 is 0 Å². The monoisotopic (exact) mass is 307 g/mol. The molecule has 0 unspecified atom stereocenters. The lowest BCUT2D eigenvalue weighted by atomic mass is 10.1. The molecule has 0 aliphatic heterocycles. The number of benzene rings is 2. The summed E-state index contributed by atoms with van der Waals surface area (Å²) < 4.78 is 1.31. The maximum atomic E-state index is 12.6. The lowest BCUT2D eigenvalue weighted by molar-refractivity contribution is 0.102. The Morgan fingerprint density at radius 3 is 2.39 bits per heavy atom. The van der Waals surface area contributed by atoms with Crippen LogP contribution < -0.4 is 10.9 Å². The van der Waals surface area contributed by atoms with Gasteiger partial charge in [-0.2, -0.15) is 5.10 Å². The second-order valence-corrected chi connectivity index (χ2v) is 5.34. The molecule has 0 bridgehead atoms. The number of carbonyl (C=O) groups excluding carboxylic acids is 1. The van der Waals surface area contributed by atoms with Crippen molar-refractivity contribution in [3.05, 3.63) is 70.1 Å². The predicted octanol–water partition coefficient (Wildman–Crippen LogP) is 2.98. The van der Waals surface area contributed by atoms with Crippen LogP contribution in [0.2, 0.25) is 0 Å². The van der Waals surface area contributed by atoms with E-state index in [9.17, 15) is 9.59 Å². The van der Waals surface area contributed by atoms with Crippen LogP contribution in [0.3, 0.4) is 0 Å². The maximum Gasteiger partial charge on any atom is 0.276 e. The molecular weight excluding hydrogens is 290 g/mol. The Kier molecular flexibility index (Phi) is 3.93. The van der Waals surface area contributed by atoms with E-state index in [-0.39, 0.29) is 17.2 Å². The zero-order valence-corrected chi connectivity index (χ0v) is 13.0. The SMILES string of the molecule is CCn1nc(C(=O)Nc2ccc(C)cc2)c2ccccc2c1=O. The zero-order chi connectivity index (χ0) is 16.4. The fraction of sp³-hybridized carbons (Fsp3) is 0.167. The molecule has 1 aromatic heterocycles. The molecule has 23 heavy (non-hydrogen) atoms. The highest BCUT2D eigenvalue weighted by molar-refractivity contribution is 6.11. The summed E-state index contributed by atoms with van der Waals surface area (Å²) in [7, 11) is 0. The molecule has 0 fully saturated rings. The van der Waals surface area contributed by atoms with Gasteiger partial charge in [0.05, 0.1) is 5.39 Å². The van der Waals surface area contributed by atoms with E-state index < -0.39 is 0 Å². The first-order valence-corrected chi connectivity index (χ1v) is 7.48. The quantitative estimate of drug-likeness (QED) is 0.809. The summed E-state index contributed by atoms with van der Waals surface area (Å²) >= 11 is 0. The molecule has 0 saturated carbocycles. The summed E-state index contributed by atoms with van der Waals surface area (Å²) in [6.07, 6.45) is 0. The average Bonchev–Trinajstić information content (AvgIpc) is 2.57. The van der Waals surface area contributed by atoms with Crippen molar-refractivity contribution in [1.82, 2.24) is 9.78 Å². The van der Waals surface area contributed by atoms with Gasteiger partial charge in [-0.3, -0.25) is 9.59 Å². The molecule has 3 aromatic rings. The van der Waals surface area contributed by atoms with Gasteiger partial charge < -0.3 is 5.32 Å². The molecule has 2 aromatic carbocycles. The number of fused-ring (bicyclic) bond motifs is 1. The molecule has 1 amide bonds. The van der Waals surface area contributed by atoms with E-state index in [0.29, 0.717) is 23.0 Å². The molecule has 0 saturated heterocycles. The molecule has 0 aliphatic rings. The number of aromatic nitrogens is 2. The van der Waals surface area contributed by atoms with Crippen LogP contribution in [0, 0.1) is 6.92 Å². The molecule has 3 rings (SSSR count). The van der Waals surface area contributed by atoms with Crippen molar-refractivity contribution in [3.8, 4) is 0 Å². The van der Waals surface area contributed by atoms with E-state index in [4.69, 9.17) is 0 Å². The van der Waals surface area contributed by atoms with E-state index in [2.05, 4.69) is 10.4 Å². The number of anilines is 1. The maximum absolute atomic E-state index is 12.6. The van der Waals surface area contributed by atoms with Crippen LogP contribution in [0.5, 0.6) is 0 Å². The van der Waals surface area contributed by atoms with E-state index in [0.717, 1.165) is 5.56 Å². The zero-order valence-electron chi connectivity index (χ0n) is 13.0. The Morgan fingerprint density at radius 2 is 1.74 bits per heavy atom. The average molecular weight is 307 g/mol. The highest BCUT2D eigenvalue weighted by Crippen LogP contribution is 2.16. The van der Waals surface area contributed by atoms with Crippen LogP contribution in [0.1, 0.15) is 23.0 Å². The van der Waals surface area contributed by atoms with Gasteiger partial charge in [0, 0.05) is 17.6 Å². The molecule has 5 nitrogen and oxygen atoms in total. The van der Waals surface area contributed by atoms with Crippen molar-refractivity contribution in [2.75, 3.05) is 5.32 Å². The van der Waals surface area contributed by atoms with Crippen molar-refractivity contribution in [2.24, 2.45) is 0 Å². The highest BCUT2D eigenvalue weighted by Gasteiger charge is 2.16. The lowest BCUT2D eigenvalue weighted by Crippen LogP contribution is -2.27. The fourth-order valence-electron chi connectivity index (χ4n) is 2.44. The number of amides is 1. The summed E-state index contributed by atoms with van der Waals surface area (Å²) in [5.74, 6) is -0.327. The van der Waals surface area contributed by atoms with Gasteiger partial charge in [0.1, 0.15) is 0 Å². The normalized spacial score (nSPS) is 10.7. The van der Waals surface area contributed by atoms with E-state index in [1.807, 2.05) is 38.1 Å². The molecule has 1 N–H and O–H groups in total. The molecule has 1 heterocycles. The predicted molar refractivity (Wildman–Crippen MR) is 90.8 cm³/mol. The molecular formula is C18H17N3O2. The van der Waals surface area contributed by atoms with Gasteiger partial charge in [0.15, 0.2) is 5.69 Å². The summed E-state index contributed by atoms with van der Waals surface area (Å²) in [5.41, 5.74) is 1.88. The molecule has 116 valence electrons. The lowest BCUT2D eigenvalue weighted by Gasteiger charge is -2.10. The smallest absolute Gasteiger partial charge is 0.276 e. The van der Waals surface area contributed by atoms with Crippen LogP contribution in [0.15, 0.2) is 53.3 Å². The molecule has 0 aliphatic carbocycles. The number of rotatable bonds is 3. The minimum absolute atomic E-state index is 0.185. The summed E-state index contributed by atoms with van der Waals surface area (Å²) in [4.78, 5) is 24.9. The topological polar surface area (TPSA) is 64.0 Å². The van der Waals surface area contributed by atoms with Gasteiger partial charge in [0.25, 0.3) is 11.5 Å². The Bertz CT molecular complexity index is 927. The van der Waals surface area contributed by atoms with E-state index >= 15 is 0 Å². The van der Waals surface area contributed by atoms with Crippen molar-refractivity contribution < 1.29 is 4.79 Å². The molecule has 0 atom stereocenters. The number of hydrogen-bond acceptors (Lipinski definition) is 3. The van der Waals surface area contributed by atoms with Gasteiger partial charge in [0.2, 0.25) is 0 Å². The molecule has 5 heteroatoms. The van der Waals surface area contributed by atoms with E-state index in [1.165, 1.54) is 4.68 Å². The Labute approximate surface area is 133 Å². The third-order valence-electron chi connectivity index (χ3n) is 3.69. The largest absolute Gasteiger partial charge is 0.321 e. The van der Waals surface area contributed by atoms with Gasteiger partial charge in [-0.15, -0.1) is 0 Å². The van der Waals surface area contributed by atoms with Crippen molar-refractivity contribution >= 4 is 22.4 Å². The van der Waals surface area contributed by atoms with Crippen LogP contribution in [0.25, 0.3) is 10.8 Å². The summed E-state index contributed by atoms with van der Waals surface area (Å²) in [6.45, 7) is 4.22. The number of carbonyl (C=O) groups is 1. The van der Waals surface area contributed by atoms with Crippen molar-refractivity contribution in [3.63, 3.8) is 0 Å². The van der Waals surface area contributed by atoms with Crippen LogP contribution in [-0.4, -0.2) is 15.7 Å². The van der Waals surface area contributed by atoms with Crippen molar-refractivity contribution in [1.29, 1.82) is 0 Å². The molecule has 0 radical (unpaired) electrons. The standard InChI is InChI=1S/C18H17N3O2/c1-3-21-18(23)15-7-5-4-6-14(15)16(20-21)17(22)19-13-10-8-12(2)9-11-13/h4-11H,3H2,1-2H3,(H,19,22). The second kappa shape index (κ2) is 6.04. The number of nitrogens with one attached hydrogen (secondary N) is 1. The number of aryl methyl sites for hydroxylation is 2. The fourth-order valence-corrected chi connectivity index (χ4v) is 2.44. The first-order chi connectivity index (χ1) is 11.1. The van der Waals surface area contributed by atoms with Crippen LogP contribution in [0.4, 0.5) is 5.69 Å². The minimum Gasteiger partial charge on any atom is -0.321 e. The third-order valence-corrected chi connectivity index (χ3v) is 3.69. The van der Waals surface area contributed by atoms with Crippen molar-refractivity contribution in [2.45, 2.75) is 20.4 Å². The van der Waals surface area contributed by atoms with Gasteiger partial charge in [-0.05, 0) is 32.0 Å². The van der Waals surface area contributed by atoms with Crippen LogP contribution >= 0.6 is 0 Å². The minimum atomic E-state index is -0.327. The Balaban J connectivity index is 2.08. The Morgan fingerprint density at radius 1 is 1.09 bits per heavy atom. The number of nitrogens with zero attached hydrogens (tertiary/aromatic N) is 2.